The molecule has 1 heterocycles. The fourth-order valence-electron chi connectivity index (χ4n) is 3.32. The lowest BCUT2D eigenvalue weighted by atomic mass is 9.87. The molecule has 0 N–H and O–H groups in total. The van der Waals surface area contributed by atoms with Crippen LogP contribution in [-0.2, 0) is 9.47 Å². The largest absolute Gasteiger partial charge is 0.469 e. The molecule has 1 aliphatic heterocycles. The summed E-state index contributed by atoms with van der Waals surface area (Å²) in [5.74, 6) is 1.02. The highest BCUT2D eigenvalue weighted by molar-refractivity contribution is 5.05. The average Bonchev–Trinajstić information content (AvgIpc) is 2.83. The van der Waals surface area contributed by atoms with Crippen molar-refractivity contribution in [1.29, 1.82) is 5.26 Å². The Hall–Kier alpha value is -1.27. The van der Waals surface area contributed by atoms with E-state index in [4.69, 9.17) is 14.7 Å². The average molecular weight is 275 g/mol. The van der Waals surface area contributed by atoms with Gasteiger partial charge in [-0.05, 0) is 43.3 Å². The summed E-state index contributed by atoms with van der Waals surface area (Å²) in [6, 6.07) is 2.34. The van der Waals surface area contributed by atoms with Crippen molar-refractivity contribution in [2.75, 3.05) is 0 Å². The van der Waals surface area contributed by atoms with Gasteiger partial charge in [-0.1, -0.05) is 32.3 Å². The first kappa shape index (κ1) is 15.1. The molecule has 3 heteroatoms. The third kappa shape index (κ3) is 4.11. The molecule has 0 spiro atoms. The van der Waals surface area contributed by atoms with E-state index in [1.165, 1.54) is 25.7 Å². The van der Waals surface area contributed by atoms with Crippen molar-refractivity contribution >= 4 is 0 Å². The lowest BCUT2D eigenvalue weighted by Gasteiger charge is -2.27. The molecule has 2 aliphatic rings. The SMILES string of the molecule is CCCCCC1[C@@H](CC#N)CC[C@H]1O[C@H]1C=CC=CO1. The van der Waals surface area contributed by atoms with E-state index in [0.29, 0.717) is 18.3 Å². The van der Waals surface area contributed by atoms with Gasteiger partial charge in [0.2, 0.25) is 6.29 Å². The first-order valence-electron chi connectivity index (χ1n) is 7.86. The first-order valence-corrected chi connectivity index (χ1v) is 7.86. The Kier molecular flexibility index (Phi) is 6.14. The number of unbranched alkanes of at least 4 members (excludes halogenated alkanes) is 2. The van der Waals surface area contributed by atoms with Crippen molar-refractivity contribution in [3.05, 3.63) is 24.5 Å². The molecule has 0 bridgehead atoms. The zero-order chi connectivity index (χ0) is 14.2. The van der Waals surface area contributed by atoms with Crippen LogP contribution in [0.5, 0.6) is 0 Å². The molecule has 1 unspecified atom stereocenters. The van der Waals surface area contributed by atoms with E-state index < -0.39 is 0 Å². The summed E-state index contributed by atoms with van der Waals surface area (Å²) >= 11 is 0. The Balaban J connectivity index is 1.89. The summed E-state index contributed by atoms with van der Waals surface area (Å²) in [5, 5.41) is 8.99. The number of allylic oxidation sites excluding steroid dienone is 2. The van der Waals surface area contributed by atoms with Crippen molar-refractivity contribution in [3.63, 3.8) is 0 Å². The molecule has 0 aromatic rings. The van der Waals surface area contributed by atoms with Gasteiger partial charge in [0, 0.05) is 6.42 Å². The van der Waals surface area contributed by atoms with Gasteiger partial charge in [0.25, 0.3) is 0 Å². The predicted octanol–water partition coefficient (Wildman–Crippen LogP) is 4.32. The van der Waals surface area contributed by atoms with Gasteiger partial charge in [-0.25, -0.2) is 0 Å². The molecular weight excluding hydrogens is 250 g/mol. The summed E-state index contributed by atoms with van der Waals surface area (Å²) in [7, 11) is 0. The van der Waals surface area contributed by atoms with E-state index in [-0.39, 0.29) is 12.4 Å². The molecule has 0 aromatic heterocycles. The molecule has 0 saturated heterocycles. The molecule has 3 nitrogen and oxygen atoms in total. The van der Waals surface area contributed by atoms with Crippen LogP contribution in [0.25, 0.3) is 0 Å². The van der Waals surface area contributed by atoms with E-state index >= 15 is 0 Å². The third-order valence-corrected chi connectivity index (χ3v) is 4.38. The Bertz CT molecular complexity index is 383. The molecule has 0 aromatic carbocycles. The Morgan fingerprint density at radius 2 is 2.20 bits per heavy atom. The van der Waals surface area contributed by atoms with E-state index in [0.717, 1.165) is 12.8 Å². The van der Waals surface area contributed by atoms with E-state index in [1.807, 2.05) is 18.2 Å². The third-order valence-electron chi connectivity index (χ3n) is 4.38. The second kappa shape index (κ2) is 8.11. The van der Waals surface area contributed by atoms with Crippen LogP contribution in [-0.4, -0.2) is 12.4 Å². The van der Waals surface area contributed by atoms with Crippen LogP contribution in [0.1, 0.15) is 51.9 Å². The minimum Gasteiger partial charge on any atom is -0.469 e. The van der Waals surface area contributed by atoms with Crippen LogP contribution in [0.15, 0.2) is 24.5 Å². The maximum atomic E-state index is 8.99. The summed E-state index contributed by atoms with van der Waals surface area (Å²) in [5.41, 5.74) is 0. The van der Waals surface area contributed by atoms with E-state index in [9.17, 15) is 0 Å². The second-order valence-electron chi connectivity index (χ2n) is 5.75. The first-order chi connectivity index (χ1) is 9.85. The minimum absolute atomic E-state index is 0.242. The maximum Gasteiger partial charge on any atom is 0.219 e. The molecule has 1 saturated carbocycles. The quantitative estimate of drug-likeness (QED) is 0.650. The van der Waals surface area contributed by atoms with Crippen LogP contribution < -0.4 is 0 Å². The van der Waals surface area contributed by atoms with Crippen molar-refractivity contribution in [2.24, 2.45) is 11.8 Å². The highest BCUT2D eigenvalue weighted by Crippen LogP contribution is 2.40. The summed E-state index contributed by atoms with van der Waals surface area (Å²) in [6.07, 6.45) is 15.2. The molecule has 20 heavy (non-hydrogen) atoms. The van der Waals surface area contributed by atoms with Gasteiger partial charge in [0.05, 0.1) is 18.4 Å². The van der Waals surface area contributed by atoms with E-state index in [2.05, 4.69) is 13.0 Å². The normalized spacial score (nSPS) is 32.0. The summed E-state index contributed by atoms with van der Waals surface area (Å²) < 4.78 is 11.6. The lowest BCUT2D eigenvalue weighted by Crippen LogP contribution is -2.28. The standard InChI is InChI=1S/C17H25NO2/c1-2-3-4-7-15-14(11-12-18)9-10-16(15)20-17-8-5-6-13-19-17/h5-6,8,13-17H,2-4,7,9-11H2,1H3/t14-,15?,16-,17+/m1/s1. The van der Waals surface area contributed by atoms with Gasteiger partial charge in [-0.3, -0.25) is 0 Å². The topological polar surface area (TPSA) is 42.2 Å². The second-order valence-corrected chi connectivity index (χ2v) is 5.75. The highest BCUT2D eigenvalue weighted by Gasteiger charge is 2.37. The van der Waals surface area contributed by atoms with Crippen LogP contribution in [0.2, 0.25) is 0 Å². The fraction of sp³-hybridized carbons (Fsp3) is 0.706. The zero-order valence-electron chi connectivity index (χ0n) is 12.3. The van der Waals surface area contributed by atoms with Gasteiger partial charge < -0.3 is 9.47 Å². The van der Waals surface area contributed by atoms with Crippen molar-refractivity contribution < 1.29 is 9.47 Å². The fourth-order valence-corrected chi connectivity index (χ4v) is 3.32. The molecular formula is C17H25NO2. The highest BCUT2D eigenvalue weighted by atomic mass is 16.7. The lowest BCUT2D eigenvalue weighted by molar-refractivity contribution is -0.126. The molecule has 1 aliphatic carbocycles. The number of nitrogens with zero attached hydrogens (tertiary/aromatic N) is 1. The van der Waals surface area contributed by atoms with Gasteiger partial charge in [-0.2, -0.15) is 5.26 Å². The van der Waals surface area contributed by atoms with E-state index in [1.54, 1.807) is 6.26 Å². The Morgan fingerprint density at radius 3 is 2.90 bits per heavy atom. The molecule has 0 radical (unpaired) electrons. The Labute approximate surface area is 122 Å². The molecule has 110 valence electrons. The van der Waals surface area contributed by atoms with Crippen LogP contribution in [0.3, 0.4) is 0 Å². The van der Waals surface area contributed by atoms with Gasteiger partial charge in [0.15, 0.2) is 0 Å². The zero-order valence-corrected chi connectivity index (χ0v) is 12.3. The minimum atomic E-state index is -0.250. The van der Waals surface area contributed by atoms with Crippen LogP contribution >= 0.6 is 0 Å². The number of nitriles is 1. The van der Waals surface area contributed by atoms with Crippen LogP contribution in [0, 0.1) is 23.2 Å². The maximum absolute atomic E-state index is 8.99. The number of rotatable bonds is 7. The summed E-state index contributed by atoms with van der Waals surface area (Å²) in [6.45, 7) is 2.22. The van der Waals surface area contributed by atoms with Gasteiger partial charge in [0.1, 0.15) is 0 Å². The summed E-state index contributed by atoms with van der Waals surface area (Å²) in [4.78, 5) is 0. The van der Waals surface area contributed by atoms with Crippen molar-refractivity contribution in [2.45, 2.75) is 64.3 Å². The van der Waals surface area contributed by atoms with Crippen molar-refractivity contribution in [1.82, 2.24) is 0 Å². The monoisotopic (exact) mass is 275 g/mol. The number of hydrogen-bond acceptors (Lipinski definition) is 3. The number of ether oxygens (including phenoxy) is 2. The predicted molar refractivity (Wildman–Crippen MR) is 78.6 cm³/mol. The smallest absolute Gasteiger partial charge is 0.219 e. The molecule has 2 rings (SSSR count). The Morgan fingerprint density at radius 1 is 1.30 bits per heavy atom. The number of hydrogen-bond donors (Lipinski definition) is 0. The van der Waals surface area contributed by atoms with Crippen molar-refractivity contribution in [3.8, 4) is 6.07 Å². The molecule has 1 fully saturated rings. The molecule has 0 amide bonds. The van der Waals surface area contributed by atoms with Crippen LogP contribution in [0.4, 0.5) is 0 Å². The van der Waals surface area contributed by atoms with Gasteiger partial charge in [-0.15, -0.1) is 0 Å². The molecule has 4 atom stereocenters. The van der Waals surface area contributed by atoms with Gasteiger partial charge >= 0.3 is 0 Å².